The molecule has 0 aromatic rings. The van der Waals surface area contributed by atoms with Gasteiger partial charge in [-0.3, -0.25) is 14.9 Å². The molecule has 4 atom stereocenters. The molecule has 0 saturated heterocycles. The van der Waals surface area contributed by atoms with E-state index in [9.17, 15) is 14.9 Å². The minimum atomic E-state index is -0.509. The van der Waals surface area contributed by atoms with Crippen molar-refractivity contribution in [1.82, 2.24) is 0 Å². The van der Waals surface area contributed by atoms with Gasteiger partial charge < -0.3 is 0 Å². The van der Waals surface area contributed by atoms with Gasteiger partial charge >= 0.3 is 0 Å². The Kier molecular flexibility index (Phi) is 2.09. The van der Waals surface area contributed by atoms with Crippen molar-refractivity contribution < 1.29 is 9.72 Å². The van der Waals surface area contributed by atoms with Crippen molar-refractivity contribution in [2.45, 2.75) is 32.7 Å². The molecular formula is C10H15NO3. The van der Waals surface area contributed by atoms with Crippen LogP contribution in [0.4, 0.5) is 0 Å². The molecule has 0 aromatic heterocycles. The number of carbonyl (C=O) groups is 1. The summed E-state index contributed by atoms with van der Waals surface area (Å²) in [5.41, 5.74) is 0. The Balaban J connectivity index is 2.32. The SMILES string of the molecule is CC1C2CCC(C2=O)C(C)C1[N+](=O)[O-]. The lowest BCUT2D eigenvalue weighted by molar-refractivity contribution is -0.544. The predicted molar refractivity (Wildman–Crippen MR) is 50.3 cm³/mol. The average molecular weight is 197 g/mol. The normalized spacial score (nSPS) is 46.7. The van der Waals surface area contributed by atoms with E-state index in [1.807, 2.05) is 13.8 Å². The fraction of sp³-hybridized carbons (Fsp3) is 0.900. The second-order valence-corrected chi connectivity index (χ2v) is 4.69. The van der Waals surface area contributed by atoms with Gasteiger partial charge in [-0.05, 0) is 12.8 Å². The summed E-state index contributed by atoms with van der Waals surface area (Å²) in [4.78, 5) is 22.5. The fourth-order valence-corrected chi connectivity index (χ4v) is 3.30. The minimum Gasteiger partial charge on any atom is -0.299 e. The van der Waals surface area contributed by atoms with Crippen LogP contribution in [0.2, 0.25) is 0 Å². The third-order valence-electron chi connectivity index (χ3n) is 4.11. The van der Waals surface area contributed by atoms with Crippen LogP contribution in [-0.4, -0.2) is 16.7 Å². The Hall–Kier alpha value is -0.930. The molecule has 0 spiro atoms. The van der Waals surface area contributed by atoms with E-state index in [4.69, 9.17) is 0 Å². The van der Waals surface area contributed by atoms with Crippen LogP contribution in [0.25, 0.3) is 0 Å². The second kappa shape index (κ2) is 3.04. The zero-order valence-corrected chi connectivity index (χ0v) is 8.47. The van der Waals surface area contributed by atoms with Crippen LogP contribution in [0.3, 0.4) is 0 Å². The van der Waals surface area contributed by atoms with Gasteiger partial charge in [-0.1, -0.05) is 13.8 Å². The van der Waals surface area contributed by atoms with Gasteiger partial charge in [0.2, 0.25) is 6.04 Å². The smallest absolute Gasteiger partial charge is 0.219 e. The van der Waals surface area contributed by atoms with E-state index in [0.717, 1.165) is 12.8 Å². The summed E-state index contributed by atoms with van der Waals surface area (Å²) in [6.45, 7) is 3.71. The van der Waals surface area contributed by atoms with Crippen molar-refractivity contribution in [3.63, 3.8) is 0 Å². The Morgan fingerprint density at radius 1 is 1.21 bits per heavy atom. The van der Waals surface area contributed by atoms with Crippen molar-refractivity contribution >= 4 is 5.78 Å². The first-order valence-corrected chi connectivity index (χ1v) is 5.21. The van der Waals surface area contributed by atoms with E-state index < -0.39 is 6.04 Å². The standard InChI is InChI=1S/C10H15NO3/c1-5-7-3-4-8(10(7)12)6(2)9(5)11(13)14/h5-9H,3-4H2,1-2H3. The largest absolute Gasteiger partial charge is 0.299 e. The van der Waals surface area contributed by atoms with E-state index in [-0.39, 0.29) is 34.4 Å². The number of nitrogens with zero attached hydrogens (tertiary/aromatic N) is 1. The Morgan fingerprint density at radius 2 is 1.64 bits per heavy atom. The molecule has 0 aliphatic heterocycles. The molecule has 2 bridgehead atoms. The number of hydrogen-bond donors (Lipinski definition) is 0. The molecule has 2 rings (SSSR count). The lowest BCUT2D eigenvalue weighted by Gasteiger charge is -2.32. The van der Waals surface area contributed by atoms with Crippen molar-refractivity contribution in [3.05, 3.63) is 10.1 Å². The zero-order chi connectivity index (χ0) is 10.5. The molecule has 4 heteroatoms. The van der Waals surface area contributed by atoms with Gasteiger partial charge in [-0.15, -0.1) is 0 Å². The van der Waals surface area contributed by atoms with Gasteiger partial charge in [0.15, 0.2) is 0 Å². The van der Waals surface area contributed by atoms with Crippen LogP contribution in [0.5, 0.6) is 0 Å². The maximum atomic E-state index is 11.8. The highest BCUT2D eigenvalue weighted by molar-refractivity contribution is 5.87. The van der Waals surface area contributed by atoms with Gasteiger partial charge in [-0.25, -0.2) is 0 Å². The first-order valence-electron chi connectivity index (χ1n) is 5.21. The number of nitro groups is 1. The van der Waals surface area contributed by atoms with Crippen LogP contribution >= 0.6 is 0 Å². The lowest BCUT2D eigenvalue weighted by atomic mass is 9.71. The Morgan fingerprint density at radius 3 is 2.00 bits per heavy atom. The quantitative estimate of drug-likeness (QED) is 0.473. The van der Waals surface area contributed by atoms with E-state index in [2.05, 4.69) is 0 Å². The summed E-state index contributed by atoms with van der Waals surface area (Å²) in [6, 6.07) is -0.509. The highest BCUT2D eigenvalue weighted by atomic mass is 16.6. The molecule has 0 radical (unpaired) electrons. The summed E-state index contributed by atoms with van der Waals surface area (Å²) in [5, 5.41) is 10.9. The molecule has 0 aromatic carbocycles. The minimum absolute atomic E-state index is 0.0356. The molecule has 0 amide bonds. The highest BCUT2D eigenvalue weighted by Gasteiger charge is 2.55. The van der Waals surface area contributed by atoms with E-state index >= 15 is 0 Å². The highest BCUT2D eigenvalue weighted by Crippen LogP contribution is 2.46. The molecule has 0 heterocycles. The van der Waals surface area contributed by atoms with Crippen LogP contribution < -0.4 is 0 Å². The van der Waals surface area contributed by atoms with Crippen LogP contribution in [-0.2, 0) is 4.79 Å². The summed E-state index contributed by atoms with van der Waals surface area (Å²) < 4.78 is 0. The number of hydrogen-bond acceptors (Lipinski definition) is 3. The lowest BCUT2D eigenvalue weighted by Crippen LogP contribution is -2.47. The topological polar surface area (TPSA) is 60.2 Å². The Labute approximate surface area is 82.8 Å². The van der Waals surface area contributed by atoms with Gasteiger partial charge in [0.05, 0.1) is 0 Å². The van der Waals surface area contributed by atoms with Crippen molar-refractivity contribution in [3.8, 4) is 0 Å². The number of rotatable bonds is 1. The Bertz CT molecular complexity index is 269. The summed E-state index contributed by atoms with van der Waals surface area (Å²) in [6.07, 6.45) is 1.72. The molecule has 4 nitrogen and oxygen atoms in total. The maximum absolute atomic E-state index is 11.8. The summed E-state index contributed by atoms with van der Waals surface area (Å²) in [5.74, 6) is 0.0544. The van der Waals surface area contributed by atoms with Crippen molar-refractivity contribution in [2.24, 2.45) is 23.7 Å². The number of ketones is 1. The van der Waals surface area contributed by atoms with Crippen LogP contribution in [0.15, 0.2) is 0 Å². The molecule has 0 N–H and O–H groups in total. The number of carbonyl (C=O) groups excluding carboxylic acids is 1. The maximum Gasteiger partial charge on any atom is 0.219 e. The number of fused-ring (bicyclic) bond motifs is 2. The van der Waals surface area contributed by atoms with Crippen molar-refractivity contribution in [1.29, 1.82) is 0 Å². The predicted octanol–water partition coefficient (Wildman–Crippen LogP) is 1.51. The van der Waals surface area contributed by atoms with Crippen LogP contribution in [0, 0.1) is 33.8 Å². The molecule has 78 valence electrons. The molecule has 14 heavy (non-hydrogen) atoms. The fourth-order valence-electron chi connectivity index (χ4n) is 3.30. The molecule has 2 fully saturated rings. The monoisotopic (exact) mass is 197 g/mol. The first kappa shape index (κ1) is 9.62. The molecule has 2 saturated carbocycles. The van der Waals surface area contributed by atoms with Crippen molar-refractivity contribution in [2.75, 3.05) is 0 Å². The van der Waals surface area contributed by atoms with E-state index in [1.54, 1.807) is 0 Å². The molecule has 4 unspecified atom stereocenters. The van der Waals surface area contributed by atoms with Gasteiger partial charge in [0.25, 0.3) is 0 Å². The van der Waals surface area contributed by atoms with Gasteiger partial charge in [-0.2, -0.15) is 0 Å². The van der Waals surface area contributed by atoms with Gasteiger partial charge in [0.1, 0.15) is 5.78 Å². The first-order chi connectivity index (χ1) is 6.54. The number of Topliss-reactive ketones (excluding diaryl/α,β-unsaturated/α-hetero) is 1. The van der Waals surface area contributed by atoms with Crippen LogP contribution in [0.1, 0.15) is 26.7 Å². The molecular weight excluding hydrogens is 182 g/mol. The third kappa shape index (κ3) is 1.09. The third-order valence-corrected chi connectivity index (χ3v) is 4.11. The van der Waals surface area contributed by atoms with Gasteiger partial charge in [0, 0.05) is 28.6 Å². The second-order valence-electron chi connectivity index (χ2n) is 4.69. The molecule has 2 aliphatic carbocycles. The summed E-state index contributed by atoms with van der Waals surface area (Å²) in [7, 11) is 0. The van der Waals surface area contributed by atoms with E-state index in [1.165, 1.54) is 0 Å². The molecule has 2 aliphatic rings. The van der Waals surface area contributed by atoms with E-state index in [0.29, 0.717) is 0 Å². The average Bonchev–Trinajstić information content (AvgIpc) is 2.39. The summed E-state index contributed by atoms with van der Waals surface area (Å²) >= 11 is 0. The zero-order valence-electron chi connectivity index (χ0n) is 8.47.